The second-order valence-corrected chi connectivity index (χ2v) is 4.34. The lowest BCUT2D eigenvalue weighted by Gasteiger charge is -2.08. The van der Waals surface area contributed by atoms with Crippen LogP contribution in [0.25, 0.3) is 0 Å². The Morgan fingerprint density at radius 3 is 2.82 bits per heavy atom. The molecule has 1 aromatic carbocycles. The fraction of sp³-hybridized carbons (Fsp3) is 0.417. The average molecular weight is 255 g/mol. The highest BCUT2D eigenvalue weighted by Gasteiger charge is 2.09. The third-order valence-corrected chi connectivity index (χ3v) is 2.57. The Morgan fingerprint density at radius 1 is 1.41 bits per heavy atom. The number of carbonyl (C=O) groups is 1. The molecule has 17 heavy (non-hydrogen) atoms. The fourth-order valence-corrected chi connectivity index (χ4v) is 1.54. The largest absolute Gasteiger partial charge is 0.494 e. The van der Waals surface area contributed by atoms with Crippen molar-refractivity contribution in [3.63, 3.8) is 0 Å². The van der Waals surface area contributed by atoms with Crippen LogP contribution in [0.15, 0.2) is 18.2 Å². The number of ether oxygens (including phenoxy) is 2. The Morgan fingerprint density at radius 2 is 2.18 bits per heavy atom. The minimum Gasteiger partial charge on any atom is -0.494 e. The summed E-state index contributed by atoms with van der Waals surface area (Å²) in [6, 6.07) is 4.91. The molecule has 0 heterocycles. The molecule has 1 rings (SSSR count). The third kappa shape index (κ3) is 4.56. The third-order valence-electron chi connectivity index (χ3n) is 2.00. The number of nitrogens with two attached hydrogens (primary N) is 1. The van der Waals surface area contributed by atoms with Crippen molar-refractivity contribution in [2.24, 2.45) is 0 Å². The number of rotatable bonds is 6. The molecule has 4 nitrogen and oxygen atoms in total. The first kappa shape index (κ1) is 13.7. The molecule has 0 aliphatic heterocycles. The molecule has 0 unspecified atom stereocenters. The van der Waals surface area contributed by atoms with Crippen molar-refractivity contribution in [2.45, 2.75) is 6.92 Å². The molecule has 2 N–H and O–H groups in total. The van der Waals surface area contributed by atoms with E-state index in [0.717, 1.165) is 5.75 Å². The summed E-state index contributed by atoms with van der Waals surface area (Å²) >= 11 is 1.63. The zero-order valence-corrected chi connectivity index (χ0v) is 10.9. The van der Waals surface area contributed by atoms with Crippen LogP contribution < -0.4 is 10.5 Å². The van der Waals surface area contributed by atoms with E-state index in [2.05, 4.69) is 0 Å². The van der Waals surface area contributed by atoms with E-state index in [-0.39, 0.29) is 5.97 Å². The van der Waals surface area contributed by atoms with Crippen molar-refractivity contribution in [3.05, 3.63) is 23.8 Å². The standard InChI is InChI=1S/C12H17NO3S/c1-3-15-11-7-9(6-10(13)8-11)12(14)16-4-5-17-2/h6-8H,3-5,13H2,1-2H3. The van der Waals surface area contributed by atoms with Gasteiger partial charge in [-0.1, -0.05) is 0 Å². The van der Waals surface area contributed by atoms with Crippen LogP contribution in [0.3, 0.4) is 0 Å². The maximum atomic E-state index is 11.7. The van der Waals surface area contributed by atoms with E-state index in [1.54, 1.807) is 30.0 Å². The number of hydrogen-bond acceptors (Lipinski definition) is 5. The Labute approximate surface area is 105 Å². The van der Waals surface area contributed by atoms with Gasteiger partial charge in [-0.25, -0.2) is 4.79 Å². The lowest BCUT2D eigenvalue weighted by molar-refractivity contribution is 0.0530. The highest BCUT2D eigenvalue weighted by molar-refractivity contribution is 7.98. The second kappa shape index (κ2) is 7.06. The van der Waals surface area contributed by atoms with Gasteiger partial charge in [-0.15, -0.1) is 0 Å². The molecule has 0 atom stereocenters. The first-order valence-electron chi connectivity index (χ1n) is 5.36. The van der Waals surface area contributed by atoms with Gasteiger partial charge in [-0.3, -0.25) is 0 Å². The van der Waals surface area contributed by atoms with Gasteiger partial charge in [0.15, 0.2) is 0 Å². The second-order valence-electron chi connectivity index (χ2n) is 3.35. The van der Waals surface area contributed by atoms with E-state index in [4.69, 9.17) is 15.2 Å². The maximum absolute atomic E-state index is 11.7. The molecule has 0 aliphatic rings. The van der Waals surface area contributed by atoms with Gasteiger partial charge >= 0.3 is 5.97 Å². The van der Waals surface area contributed by atoms with E-state index in [0.29, 0.717) is 30.2 Å². The van der Waals surface area contributed by atoms with Crippen LogP contribution in [-0.4, -0.2) is 31.2 Å². The summed E-state index contributed by atoms with van der Waals surface area (Å²) in [5.74, 6) is 1.00. The van der Waals surface area contributed by atoms with Gasteiger partial charge in [-0.2, -0.15) is 11.8 Å². The average Bonchev–Trinajstić information content (AvgIpc) is 2.29. The molecular weight excluding hydrogens is 238 g/mol. The summed E-state index contributed by atoms with van der Waals surface area (Å²) in [6.45, 7) is 2.81. The highest BCUT2D eigenvalue weighted by atomic mass is 32.2. The van der Waals surface area contributed by atoms with Crippen LogP contribution in [0.2, 0.25) is 0 Å². The zero-order valence-electron chi connectivity index (χ0n) is 10.1. The Hall–Kier alpha value is -1.36. The summed E-state index contributed by atoms with van der Waals surface area (Å²) in [6.07, 6.45) is 1.96. The van der Waals surface area contributed by atoms with Gasteiger partial charge in [0.2, 0.25) is 0 Å². The molecule has 0 spiro atoms. The summed E-state index contributed by atoms with van der Waals surface area (Å²) in [5, 5.41) is 0. The molecule has 94 valence electrons. The molecule has 0 bridgehead atoms. The number of thioether (sulfide) groups is 1. The van der Waals surface area contributed by atoms with Crippen molar-refractivity contribution in [1.82, 2.24) is 0 Å². The predicted octanol–water partition coefficient (Wildman–Crippen LogP) is 2.19. The molecule has 0 aliphatic carbocycles. The first-order chi connectivity index (χ1) is 8.17. The molecule has 0 fully saturated rings. The van der Waals surface area contributed by atoms with Crippen molar-refractivity contribution in [1.29, 1.82) is 0 Å². The summed E-state index contributed by atoms with van der Waals surface area (Å²) in [4.78, 5) is 11.7. The fourth-order valence-electron chi connectivity index (χ4n) is 1.29. The van der Waals surface area contributed by atoms with Crippen LogP contribution in [0, 0.1) is 0 Å². The van der Waals surface area contributed by atoms with Gasteiger partial charge in [0.05, 0.1) is 12.2 Å². The maximum Gasteiger partial charge on any atom is 0.338 e. The molecule has 0 saturated carbocycles. The number of esters is 1. The molecule has 0 radical (unpaired) electrons. The van der Waals surface area contributed by atoms with Crippen LogP contribution in [-0.2, 0) is 4.74 Å². The van der Waals surface area contributed by atoms with Crippen molar-refractivity contribution in [2.75, 3.05) is 31.0 Å². The Kier molecular flexibility index (Phi) is 5.69. The molecule has 0 amide bonds. The number of benzene rings is 1. The molecule has 5 heteroatoms. The van der Waals surface area contributed by atoms with Gasteiger partial charge in [0.1, 0.15) is 12.4 Å². The van der Waals surface area contributed by atoms with E-state index in [1.165, 1.54) is 0 Å². The molecule has 0 saturated heterocycles. The SMILES string of the molecule is CCOc1cc(N)cc(C(=O)OCCSC)c1. The lowest BCUT2D eigenvalue weighted by Crippen LogP contribution is -2.08. The van der Waals surface area contributed by atoms with Gasteiger partial charge < -0.3 is 15.2 Å². The van der Waals surface area contributed by atoms with Crippen LogP contribution in [0.5, 0.6) is 5.75 Å². The summed E-state index contributed by atoms with van der Waals surface area (Å²) < 4.78 is 10.4. The van der Waals surface area contributed by atoms with E-state index >= 15 is 0 Å². The number of carbonyl (C=O) groups excluding carboxylic acids is 1. The topological polar surface area (TPSA) is 61.5 Å². The first-order valence-corrected chi connectivity index (χ1v) is 6.76. The van der Waals surface area contributed by atoms with Crippen molar-refractivity contribution in [3.8, 4) is 5.75 Å². The van der Waals surface area contributed by atoms with Gasteiger partial charge in [0.25, 0.3) is 0 Å². The smallest absolute Gasteiger partial charge is 0.338 e. The lowest BCUT2D eigenvalue weighted by atomic mass is 10.2. The van der Waals surface area contributed by atoms with Crippen LogP contribution in [0.1, 0.15) is 17.3 Å². The van der Waals surface area contributed by atoms with E-state index in [1.807, 2.05) is 13.2 Å². The Bertz CT molecular complexity index is 382. The minimum absolute atomic E-state index is 0.368. The molecule has 0 aromatic heterocycles. The predicted molar refractivity (Wildman–Crippen MR) is 70.7 cm³/mol. The molecular formula is C12H17NO3S. The quantitative estimate of drug-likeness (QED) is 0.479. The monoisotopic (exact) mass is 255 g/mol. The van der Waals surface area contributed by atoms with Crippen molar-refractivity contribution >= 4 is 23.4 Å². The summed E-state index contributed by atoms with van der Waals surface area (Å²) in [5.41, 5.74) is 6.61. The summed E-state index contributed by atoms with van der Waals surface area (Å²) in [7, 11) is 0. The van der Waals surface area contributed by atoms with Gasteiger partial charge in [-0.05, 0) is 25.3 Å². The highest BCUT2D eigenvalue weighted by Crippen LogP contribution is 2.19. The Balaban J connectivity index is 2.71. The van der Waals surface area contributed by atoms with Crippen LogP contribution in [0.4, 0.5) is 5.69 Å². The minimum atomic E-state index is -0.368. The number of anilines is 1. The van der Waals surface area contributed by atoms with Crippen LogP contribution >= 0.6 is 11.8 Å². The zero-order chi connectivity index (χ0) is 12.7. The van der Waals surface area contributed by atoms with E-state index in [9.17, 15) is 4.79 Å². The number of nitrogen functional groups attached to an aromatic ring is 1. The normalized spacial score (nSPS) is 10.0. The number of hydrogen-bond donors (Lipinski definition) is 1. The molecule has 1 aromatic rings. The van der Waals surface area contributed by atoms with E-state index < -0.39 is 0 Å². The van der Waals surface area contributed by atoms with Crippen molar-refractivity contribution < 1.29 is 14.3 Å². The van der Waals surface area contributed by atoms with Gasteiger partial charge in [0, 0.05) is 17.5 Å².